The molecule has 1 amide bonds. The first-order chi connectivity index (χ1) is 17.6. The number of hydrogen-bond donors (Lipinski definition) is 0. The van der Waals surface area contributed by atoms with Crippen LogP contribution in [0.15, 0.2) is 59.1 Å². The molecule has 4 atom stereocenters. The Labute approximate surface area is 219 Å². The number of allylic oxidation sites excluding steroid dienone is 1. The van der Waals surface area contributed by atoms with E-state index in [1.165, 1.54) is 33.8 Å². The van der Waals surface area contributed by atoms with Crippen molar-refractivity contribution in [2.45, 2.75) is 76.1 Å². The van der Waals surface area contributed by atoms with Crippen LogP contribution >= 0.6 is 0 Å². The maximum absolute atomic E-state index is 14.1. The predicted molar refractivity (Wildman–Crippen MR) is 148 cm³/mol. The molecule has 6 heterocycles. The second kappa shape index (κ2) is 7.18. The molecule has 0 radical (unpaired) electrons. The van der Waals surface area contributed by atoms with Gasteiger partial charge < -0.3 is 14.5 Å². The molecule has 6 aliphatic heterocycles. The molecule has 8 rings (SSSR count). The van der Waals surface area contributed by atoms with Crippen LogP contribution in [-0.2, 0) is 15.6 Å². The first kappa shape index (κ1) is 22.9. The number of fused-ring (bicyclic) bond motifs is 2. The third-order valence-corrected chi connectivity index (χ3v) is 9.22. The van der Waals surface area contributed by atoms with Crippen molar-refractivity contribution in [1.29, 1.82) is 0 Å². The number of benzene rings is 2. The number of amides is 1. The number of aliphatic imine (C=N–C) groups is 1. The van der Waals surface area contributed by atoms with E-state index in [2.05, 4.69) is 73.2 Å². The first-order valence-corrected chi connectivity index (χ1v) is 13.6. The number of ether oxygens (including phenoxy) is 1. The number of piperidine rings is 1. The van der Waals surface area contributed by atoms with E-state index in [0.29, 0.717) is 0 Å². The number of likely N-dealkylation sites (N-methyl/N-ethyl adjacent to an activating group) is 1. The summed E-state index contributed by atoms with van der Waals surface area (Å²) in [6, 6.07) is 15.4. The SMILES string of the molecule is CC(C)=C[C@@H]1c2cccc3c2[C@]24CCN1C1=NCC[C@]12c1ccccc1N(C(=O)OC(C)(C)C)[C@@H]4N3C. The van der Waals surface area contributed by atoms with Gasteiger partial charge in [-0.2, -0.15) is 0 Å². The maximum Gasteiger partial charge on any atom is 0.416 e. The fraction of sp³-hybridized carbons (Fsp3) is 0.484. The van der Waals surface area contributed by atoms with Gasteiger partial charge in [0.05, 0.1) is 22.6 Å². The molecule has 2 bridgehead atoms. The maximum atomic E-state index is 14.1. The molecule has 0 aliphatic carbocycles. The second-order valence-corrected chi connectivity index (χ2v) is 12.6. The molecule has 6 heteroatoms. The normalized spacial score (nSPS) is 30.3. The zero-order chi connectivity index (χ0) is 25.9. The molecule has 6 aliphatic rings. The zero-order valence-electron chi connectivity index (χ0n) is 22.7. The van der Waals surface area contributed by atoms with Crippen molar-refractivity contribution in [3.63, 3.8) is 0 Å². The van der Waals surface area contributed by atoms with Crippen LogP contribution in [0.1, 0.15) is 70.2 Å². The minimum atomic E-state index is -0.588. The molecule has 2 aromatic rings. The highest BCUT2D eigenvalue weighted by atomic mass is 16.6. The van der Waals surface area contributed by atoms with Crippen molar-refractivity contribution >= 4 is 23.3 Å². The average molecular weight is 497 g/mol. The molecular weight excluding hydrogens is 460 g/mol. The van der Waals surface area contributed by atoms with E-state index in [0.717, 1.165) is 31.6 Å². The van der Waals surface area contributed by atoms with Crippen LogP contribution in [0, 0.1) is 0 Å². The van der Waals surface area contributed by atoms with Gasteiger partial charge in [-0.25, -0.2) is 4.79 Å². The Morgan fingerprint density at radius 2 is 1.84 bits per heavy atom. The summed E-state index contributed by atoms with van der Waals surface area (Å²) in [5.74, 6) is 1.21. The van der Waals surface area contributed by atoms with Crippen LogP contribution in [0.5, 0.6) is 0 Å². The van der Waals surface area contributed by atoms with Crippen LogP contribution in [0.2, 0.25) is 0 Å². The monoisotopic (exact) mass is 496 g/mol. The van der Waals surface area contributed by atoms with Gasteiger partial charge in [0.15, 0.2) is 0 Å². The minimum Gasteiger partial charge on any atom is -0.443 e. The summed E-state index contributed by atoms with van der Waals surface area (Å²) in [7, 11) is 2.16. The highest BCUT2D eigenvalue weighted by Gasteiger charge is 2.75. The molecule has 192 valence electrons. The molecule has 1 saturated heterocycles. The van der Waals surface area contributed by atoms with E-state index in [1.807, 2.05) is 31.7 Å². The van der Waals surface area contributed by atoms with Crippen molar-refractivity contribution in [3.05, 3.63) is 70.8 Å². The van der Waals surface area contributed by atoms with E-state index >= 15 is 0 Å². The highest BCUT2D eigenvalue weighted by molar-refractivity contribution is 6.06. The first-order valence-electron chi connectivity index (χ1n) is 13.6. The fourth-order valence-electron chi connectivity index (χ4n) is 8.32. The Hall–Kier alpha value is -3.28. The van der Waals surface area contributed by atoms with Crippen LogP contribution in [0.25, 0.3) is 0 Å². The number of rotatable bonds is 1. The second-order valence-electron chi connectivity index (χ2n) is 12.6. The lowest BCUT2D eigenvalue weighted by molar-refractivity contribution is 0.0507. The van der Waals surface area contributed by atoms with Crippen molar-refractivity contribution < 1.29 is 9.53 Å². The number of anilines is 2. The third kappa shape index (κ3) is 2.61. The molecule has 2 aromatic carbocycles. The summed E-state index contributed by atoms with van der Waals surface area (Å²) < 4.78 is 6.10. The lowest BCUT2D eigenvalue weighted by Gasteiger charge is -2.61. The smallest absolute Gasteiger partial charge is 0.416 e. The largest absolute Gasteiger partial charge is 0.443 e. The van der Waals surface area contributed by atoms with Gasteiger partial charge in [0.1, 0.15) is 17.6 Å². The van der Waals surface area contributed by atoms with Crippen molar-refractivity contribution in [3.8, 4) is 0 Å². The Morgan fingerprint density at radius 1 is 1.08 bits per heavy atom. The number of hydrogen-bond acceptors (Lipinski definition) is 5. The predicted octanol–water partition coefficient (Wildman–Crippen LogP) is 5.92. The third-order valence-electron chi connectivity index (χ3n) is 9.22. The van der Waals surface area contributed by atoms with Crippen molar-refractivity contribution in [2.24, 2.45) is 4.99 Å². The topological polar surface area (TPSA) is 48.4 Å². The summed E-state index contributed by atoms with van der Waals surface area (Å²) in [6.07, 6.45) is 3.86. The van der Waals surface area contributed by atoms with Crippen LogP contribution < -0.4 is 9.80 Å². The van der Waals surface area contributed by atoms with Gasteiger partial charge in [-0.1, -0.05) is 42.0 Å². The highest BCUT2D eigenvalue weighted by Crippen LogP contribution is 2.70. The van der Waals surface area contributed by atoms with Crippen molar-refractivity contribution in [2.75, 3.05) is 29.9 Å². The van der Waals surface area contributed by atoms with Gasteiger partial charge in [-0.3, -0.25) is 9.89 Å². The Bertz CT molecular complexity index is 1400. The molecule has 1 fully saturated rings. The molecule has 0 aromatic heterocycles. The number of carbonyl (C=O) groups excluding carboxylic acids is 1. The van der Waals surface area contributed by atoms with E-state index < -0.39 is 5.60 Å². The summed E-state index contributed by atoms with van der Waals surface area (Å²) in [6.45, 7) is 11.9. The summed E-state index contributed by atoms with van der Waals surface area (Å²) >= 11 is 0. The lowest BCUT2D eigenvalue weighted by Crippen LogP contribution is -2.73. The van der Waals surface area contributed by atoms with Crippen LogP contribution in [-0.4, -0.2) is 48.7 Å². The summed E-state index contributed by atoms with van der Waals surface area (Å²) in [5, 5.41) is 0. The Kier molecular flexibility index (Phi) is 4.44. The standard InChI is InChI=1S/C31H36N4O2/c1-19(2)18-24-20-10-9-13-23-25(20)31-15-17-34(24)26-30(31,14-16-32-26)21-11-7-8-12-22(21)35(27(31)33(23)6)28(36)37-29(3,4)5/h7-13,18,24,27H,14-17H2,1-6H3/t24-,27+,30+,31+/m1/s1. The number of amidine groups is 1. The van der Waals surface area contributed by atoms with E-state index in [-0.39, 0.29) is 29.1 Å². The molecule has 6 nitrogen and oxygen atoms in total. The average Bonchev–Trinajstić information content (AvgIpc) is 3.33. The van der Waals surface area contributed by atoms with Gasteiger partial charge in [-0.15, -0.1) is 0 Å². The molecule has 37 heavy (non-hydrogen) atoms. The molecule has 0 unspecified atom stereocenters. The van der Waals surface area contributed by atoms with E-state index in [9.17, 15) is 4.79 Å². The van der Waals surface area contributed by atoms with Gasteiger partial charge in [0.2, 0.25) is 0 Å². The number of carbonyl (C=O) groups is 1. The van der Waals surface area contributed by atoms with Crippen LogP contribution in [0.3, 0.4) is 0 Å². The minimum absolute atomic E-state index is 0.132. The van der Waals surface area contributed by atoms with Crippen molar-refractivity contribution in [1.82, 2.24) is 4.90 Å². The number of para-hydroxylation sites is 1. The van der Waals surface area contributed by atoms with Gasteiger partial charge in [-0.05, 0) is 76.3 Å². The fourth-order valence-corrected chi connectivity index (χ4v) is 8.32. The Morgan fingerprint density at radius 3 is 2.59 bits per heavy atom. The van der Waals surface area contributed by atoms with Gasteiger partial charge in [0, 0.05) is 25.8 Å². The quantitative estimate of drug-likeness (QED) is 0.460. The summed E-state index contributed by atoms with van der Waals surface area (Å²) in [4.78, 5) is 26.3. The Balaban J connectivity index is 1.61. The van der Waals surface area contributed by atoms with Crippen LogP contribution in [0.4, 0.5) is 16.2 Å². The lowest BCUT2D eigenvalue weighted by atomic mass is 9.50. The molecular formula is C31H36N4O2. The molecule has 0 N–H and O–H groups in total. The van der Waals surface area contributed by atoms with E-state index in [4.69, 9.17) is 9.73 Å². The van der Waals surface area contributed by atoms with Gasteiger partial charge >= 0.3 is 6.09 Å². The number of nitrogens with zero attached hydrogens (tertiary/aromatic N) is 4. The van der Waals surface area contributed by atoms with Gasteiger partial charge in [0.25, 0.3) is 0 Å². The zero-order valence-corrected chi connectivity index (χ0v) is 22.7. The van der Waals surface area contributed by atoms with E-state index in [1.54, 1.807) is 0 Å². The molecule has 2 spiro atoms. The summed E-state index contributed by atoms with van der Waals surface area (Å²) in [5.41, 5.74) is 6.27. The molecule has 0 saturated carbocycles.